The summed E-state index contributed by atoms with van der Waals surface area (Å²) in [5.74, 6) is -0.972. The van der Waals surface area contributed by atoms with Gasteiger partial charge >= 0.3 is 5.97 Å². The van der Waals surface area contributed by atoms with Crippen LogP contribution in [0.3, 0.4) is 0 Å². The number of carbonyl (C=O) groups excluding carboxylic acids is 2. The SMILES string of the molecule is COC(=O)c1cn(C(=O)C2CCN(S(=O)(=O)c3ccc(SC)cc3)CC2)c2ccccc12. The molecule has 0 unspecified atom stereocenters. The predicted octanol–water partition coefficient (Wildman–Crippen LogP) is 3.89. The van der Waals surface area contributed by atoms with Gasteiger partial charge in [0.2, 0.25) is 15.9 Å². The van der Waals surface area contributed by atoms with Crippen LogP contribution in [0.5, 0.6) is 0 Å². The Hall–Kier alpha value is -2.62. The van der Waals surface area contributed by atoms with Crippen molar-refractivity contribution in [1.29, 1.82) is 0 Å². The summed E-state index contributed by atoms with van der Waals surface area (Å²) in [6, 6.07) is 14.0. The highest BCUT2D eigenvalue weighted by molar-refractivity contribution is 7.98. The summed E-state index contributed by atoms with van der Waals surface area (Å²) in [6.45, 7) is 0.540. The highest BCUT2D eigenvalue weighted by Gasteiger charge is 2.33. The molecule has 0 atom stereocenters. The number of carbonyl (C=O) groups is 2. The van der Waals surface area contributed by atoms with Gasteiger partial charge < -0.3 is 4.74 Å². The van der Waals surface area contributed by atoms with E-state index in [1.54, 1.807) is 54.2 Å². The molecular weight excluding hydrogens is 448 g/mol. The molecule has 0 radical (unpaired) electrons. The predicted molar refractivity (Wildman–Crippen MR) is 124 cm³/mol. The first-order valence-corrected chi connectivity index (χ1v) is 12.9. The van der Waals surface area contributed by atoms with E-state index in [1.807, 2.05) is 12.3 Å². The van der Waals surface area contributed by atoms with Crippen LogP contribution in [0, 0.1) is 5.92 Å². The highest BCUT2D eigenvalue weighted by Crippen LogP contribution is 2.29. The average molecular weight is 473 g/mol. The van der Waals surface area contributed by atoms with E-state index in [0.29, 0.717) is 29.3 Å². The van der Waals surface area contributed by atoms with Crippen molar-refractivity contribution in [1.82, 2.24) is 8.87 Å². The molecule has 0 amide bonds. The second-order valence-electron chi connectivity index (χ2n) is 7.61. The van der Waals surface area contributed by atoms with Gasteiger partial charge in [-0.25, -0.2) is 13.2 Å². The standard InChI is InChI=1S/C23H24N2O5S2/c1-30-23(27)20-15-25(21-6-4-3-5-19(20)21)22(26)16-11-13-24(14-12-16)32(28,29)18-9-7-17(31-2)8-10-18/h3-10,15-16H,11-14H2,1-2H3. The molecule has 0 spiro atoms. The van der Waals surface area contributed by atoms with Crippen molar-refractivity contribution in [2.24, 2.45) is 5.92 Å². The molecule has 1 aromatic heterocycles. The zero-order chi connectivity index (χ0) is 22.9. The molecule has 1 fully saturated rings. The normalized spacial score (nSPS) is 15.7. The van der Waals surface area contributed by atoms with Gasteiger partial charge in [0.15, 0.2) is 0 Å². The zero-order valence-corrected chi connectivity index (χ0v) is 19.5. The Bertz CT molecular complexity index is 1260. The number of aromatic nitrogens is 1. The minimum Gasteiger partial charge on any atom is -0.465 e. The Labute approximate surface area is 191 Å². The molecule has 1 aliphatic rings. The molecule has 4 rings (SSSR count). The number of fused-ring (bicyclic) bond motifs is 1. The first kappa shape index (κ1) is 22.6. The van der Waals surface area contributed by atoms with Crippen molar-refractivity contribution < 1.29 is 22.7 Å². The molecular formula is C23H24N2O5S2. The van der Waals surface area contributed by atoms with Crippen LogP contribution in [-0.2, 0) is 14.8 Å². The summed E-state index contributed by atoms with van der Waals surface area (Å²) in [4.78, 5) is 26.7. The number of hydrogen-bond acceptors (Lipinski definition) is 6. The fourth-order valence-electron chi connectivity index (χ4n) is 4.07. The smallest absolute Gasteiger partial charge is 0.340 e. The number of rotatable bonds is 5. The number of nitrogens with zero attached hydrogens (tertiary/aromatic N) is 2. The molecule has 0 bridgehead atoms. The third kappa shape index (κ3) is 4.07. The van der Waals surface area contributed by atoms with Gasteiger partial charge in [0.1, 0.15) is 0 Å². The summed E-state index contributed by atoms with van der Waals surface area (Å²) in [6.07, 6.45) is 4.30. The Balaban J connectivity index is 1.52. The lowest BCUT2D eigenvalue weighted by Crippen LogP contribution is -2.41. The third-order valence-electron chi connectivity index (χ3n) is 5.86. The van der Waals surface area contributed by atoms with Gasteiger partial charge in [-0.1, -0.05) is 18.2 Å². The maximum Gasteiger partial charge on any atom is 0.340 e. The lowest BCUT2D eigenvalue weighted by molar-refractivity contribution is 0.0603. The molecule has 0 N–H and O–H groups in total. The lowest BCUT2D eigenvalue weighted by atomic mass is 9.97. The number of piperidine rings is 1. The molecule has 2 aromatic carbocycles. The van der Waals surface area contributed by atoms with Crippen molar-refractivity contribution in [2.75, 3.05) is 26.5 Å². The summed E-state index contributed by atoms with van der Waals surface area (Å²) in [5.41, 5.74) is 0.979. The van der Waals surface area contributed by atoms with Crippen molar-refractivity contribution in [3.05, 3.63) is 60.3 Å². The van der Waals surface area contributed by atoms with E-state index in [-0.39, 0.29) is 29.8 Å². The second-order valence-corrected chi connectivity index (χ2v) is 10.4. The Morgan fingerprint density at radius 2 is 1.69 bits per heavy atom. The van der Waals surface area contributed by atoms with Crippen LogP contribution in [0.1, 0.15) is 28.0 Å². The molecule has 168 valence electrons. The minimum absolute atomic E-state index is 0.141. The van der Waals surface area contributed by atoms with E-state index < -0.39 is 16.0 Å². The molecule has 0 saturated carbocycles. The second kappa shape index (κ2) is 9.09. The largest absolute Gasteiger partial charge is 0.465 e. The van der Waals surface area contributed by atoms with Gasteiger partial charge in [-0.05, 0) is 49.4 Å². The van der Waals surface area contributed by atoms with E-state index in [2.05, 4.69) is 0 Å². The molecule has 1 saturated heterocycles. The number of hydrogen-bond donors (Lipinski definition) is 0. The van der Waals surface area contributed by atoms with Crippen molar-refractivity contribution >= 4 is 44.6 Å². The van der Waals surface area contributed by atoms with Crippen LogP contribution in [-0.4, -0.2) is 55.6 Å². The summed E-state index contributed by atoms with van der Waals surface area (Å²) in [5, 5.41) is 0.654. The number of methoxy groups -OCH3 is 1. The van der Waals surface area contributed by atoms with Crippen LogP contribution < -0.4 is 0 Å². The summed E-state index contributed by atoms with van der Waals surface area (Å²) in [7, 11) is -2.29. The Kier molecular flexibility index (Phi) is 6.41. The van der Waals surface area contributed by atoms with Crippen molar-refractivity contribution in [2.45, 2.75) is 22.6 Å². The van der Waals surface area contributed by atoms with E-state index in [4.69, 9.17) is 4.74 Å². The van der Waals surface area contributed by atoms with Gasteiger partial charge in [-0.15, -0.1) is 11.8 Å². The van der Waals surface area contributed by atoms with E-state index in [0.717, 1.165) is 4.90 Å². The molecule has 32 heavy (non-hydrogen) atoms. The van der Waals surface area contributed by atoms with Crippen LogP contribution >= 0.6 is 11.8 Å². The van der Waals surface area contributed by atoms with Gasteiger partial charge in [-0.2, -0.15) is 4.31 Å². The van der Waals surface area contributed by atoms with Gasteiger partial charge in [0.25, 0.3) is 0 Å². The van der Waals surface area contributed by atoms with Gasteiger partial charge in [0, 0.05) is 35.5 Å². The summed E-state index contributed by atoms with van der Waals surface area (Å²) >= 11 is 1.55. The van der Waals surface area contributed by atoms with Crippen LogP contribution in [0.4, 0.5) is 0 Å². The van der Waals surface area contributed by atoms with Crippen LogP contribution in [0.15, 0.2) is 64.5 Å². The zero-order valence-electron chi connectivity index (χ0n) is 17.9. The third-order valence-corrected chi connectivity index (χ3v) is 8.51. The minimum atomic E-state index is -3.60. The first-order valence-electron chi connectivity index (χ1n) is 10.2. The van der Waals surface area contributed by atoms with E-state index >= 15 is 0 Å². The first-order chi connectivity index (χ1) is 15.4. The quantitative estimate of drug-likeness (QED) is 0.414. The molecule has 2 heterocycles. The number of ether oxygens (including phenoxy) is 1. The van der Waals surface area contributed by atoms with E-state index in [9.17, 15) is 18.0 Å². The fourth-order valence-corrected chi connectivity index (χ4v) is 5.95. The van der Waals surface area contributed by atoms with Crippen molar-refractivity contribution in [3.63, 3.8) is 0 Å². The molecule has 1 aliphatic heterocycles. The Morgan fingerprint density at radius 3 is 2.31 bits per heavy atom. The Morgan fingerprint density at radius 1 is 1.03 bits per heavy atom. The lowest BCUT2D eigenvalue weighted by Gasteiger charge is -2.30. The molecule has 0 aliphatic carbocycles. The van der Waals surface area contributed by atoms with E-state index in [1.165, 1.54) is 22.2 Å². The van der Waals surface area contributed by atoms with Gasteiger partial charge in [-0.3, -0.25) is 9.36 Å². The molecule has 7 nitrogen and oxygen atoms in total. The topological polar surface area (TPSA) is 85.7 Å². The van der Waals surface area contributed by atoms with Crippen LogP contribution in [0.2, 0.25) is 0 Å². The number of esters is 1. The summed E-state index contributed by atoms with van der Waals surface area (Å²) < 4.78 is 33.8. The monoisotopic (exact) mass is 472 g/mol. The number of thioether (sulfide) groups is 1. The van der Waals surface area contributed by atoms with Crippen molar-refractivity contribution in [3.8, 4) is 0 Å². The molecule has 3 aromatic rings. The fraction of sp³-hybridized carbons (Fsp3) is 0.304. The number of benzene rings is 2. The maximum absolute atomic E-state index is 13.3. The number of sulfonamides is 1. The maximum atomic E-state index is 13.3. The van der Waals surface area contributed by atoms with Crippen LogP contribution in [0.25, 0.3) is 10.9 Å². The average Bonchev–Trinajstić information content (AvgIpc) is 3.23. The molecule has 9 heteroatoms. The highest BCUT2D eigenvalue weighted by atomic mass is 32.2. The number of para-hydroxylation sites is 1. The van der Waals surface area contributed by atoms with Gasteiger partial charge in [0.05, 0.1) is 23.1 Å².